The van der Waals surface area contributed by atoms with Crippen LogP contribution in [0.5, 0.6) is 0 Å². The van der Waals surface area contributed by atoms with E-state index in [0.29, 0.717) is 11.0 Å². The van der Waals surface area contributed by atoms with Crippen LogP contribution < -0.4 is 62.2 Å². The van der Waals surface area contributed by atoms with Crippen molar-refractivity contribution in [1.82, 2.24) is 24.1 Å². The number of benzene rings is 15. The third-order valence-corrected chi connectivity index (χ3v) is 34.2. The highest BCUT2D eigenvalue weighted by molar-refractivity contribution is 7.21. The van der Waals surface area contributed by atoms with Crippen molar-refractivity contribution in [3.8, 4) is 34.4 Å². The Balaban J connectivity index is 1.05. The second-order valence-electron chi connectivity index (χ2n) is 25.3. The Labute approximate surface area is 606 Å². The first-order chi connectivity index (χ1) is 54.7. The molecule has 0 aliphatic rings. The minimum Gasteiger partial charge on any atom is -0.309 e. The van der Waals surface area contributed by atoms with Gasteiger partial charge in [0.15, 0.2) is 35.9 Å². The zero-order valence-corrected chi connectivity index (χ0v) is 57.6. The topological polar surface area (TPSA) is 48.5 Å². The zero-order valence-electron chi connectivity index (χ0n) is 65.6. The van der Waals surface area contributed by atoms with Gasteiger partial charge < -0.3 is 4.57 Å². The molecule has 476 valence electrons. The van der Waals surface area contributed by atoms with Gasteiger partial charge in [-0.1, -0.05) is 370 Å². The maximum Gasteiger partial charge on any atom is 0.238 e. The molecule has 0 amide bonds. The fourth-order valence-electron chi connectivity index (χ4n) is 15.8. The molecule has 0 fully saturated rings. The van der Waals surface area contributed by atoms with E-state index in [1.54, 1.807) is 4.57 Å². The van der Waals surface area contributed by atoms with Gasteiger partial charge in [-0.2, -0.15) is 9.97 Å². The molecule has 0 bridgehead atoms. The molecule has 15 aromatic carbocycles. The van der Waals surface area contributed by atoms with Gasteiger partial charge in [-0.25, -0.2) is 4.98 Å². The van der Waals surface area contributed by atoms with E-state index < -0.39 is 72.6 Å². The highest BCUT2D eigenvalue weighted by atomic mass is 28.3. The molecule has 3 aromatic heterocycles. The SMILES string of the molecule is [2H]c1cc2c(c([2H])c1[2H])c1c([2H])c([2H])c([2H])c([2H])c1n2-c1ccc([Si](c2ccccc2)(c2ccccc2)c2ccccc2)cc1-c1nc(-c2c([2H])c([2H])c([2H])c([Si](c3ccccc3)(c3ccccc3)c3ccccc3)c2[2H])nc(-n2c3ccccc3c3ccc([Si](c4ccccc4)(c4ccccc4)c4ccccc4)cc32)n1. The molecule has 18 aromatic rings. The van der Waals surface area contributed by atoms with Gasteiger partial charge in [0.1, 0.15) is 0 Å². The molecule has 0 saturated heterocycles. The predicted octanol–water partition coefficient (Wildman–Crippen LogP) is 13.5. The van der Waals surface area contributed by atoms with Crippen LogP contribution in [0.15, 0.2) is 406 Å². The molecule has 101 heavy (non-hydrogen) atoms. The van der Waals surface area contributed by atoms with Gasteiger partial charge in [0.2, 0.25) is 5.95 Å². The van der Waals surface area contributed by atoms with E-state index in [0.717, 1.165) is 67.8 Å². The molecule has 0 radical (unpaired) electrons. The number of aromatic nitrogens is 5. The van der Waals surface area contributed by atoms with Crippen LogP contribution in [0.4, 0.5) is 0 Å². The van der Waals surface area contributed by atoms with Gasteiger partial charge in [0, 0.05) is 32.7 Å². The largest absolute Gasteiger partial charge is 0.309 e. The third kappa shape index (κ3) is 10.0. The number of rotatable bonds is 16. The molecular weight excluding hydrogens is 1270 g/mol. The maximum atomic E-state index is 11.3. The maximum absolute atomic E-state index is 11.3. The molecule has 8 heteroatoms. The van der Waals surface area contributed by atoms with Crippen molar-refractivity contribution >= 4 is 130 Å². The highest BCUT2D eigenvalue weighted by Crippen LogP contribution is 2.38. The third-order valence-electron chi connectivity index (χ3n) is 20.0. The van der Waals surface area contributed by atoms with Crippen molar-refractivity contribution in [3.05, 3.63) is 406 Å². The Bertz CT molecular complexity index is 6410. The molecule has 0 saturated carbocycles. The lowest BCUT2D eigenvalue weighted by atomic mass is 10.1. The van der Waals surface area contributed by atoms with E-state index >= 15 is 0 Å². The van der Waals surface area contributed by atoms with Crippen molar-refractivity contribution in [1.29, 1.82) is 0 Å². The Morgan fingerprint density at radius 1 is 0.238 bits per heavy atom. The Morgan fingerprint density at radius 3 is 1.10 bits per heavy atom. The van der Waals surface area contributed by atoms with Gasteiger partial charge in [0.05, 0.1) is 42.8 Å². The minimum absolute atomic E-state index is 0.0257. The molecule has 0 aliphatic heterocycles. The average molecular weight is 1350 g/mol. The lowest BCUT2D eigenvalue weighted by molar-refractivity contribution is 0.952. The quantitative estimate of drug-likeness (QED) is 0.0715. The molecular formula is C93H67N5Si3. The molecule has 0 atom stereocenters. The Morgan fingerprint density at radius 2 is 0.614 bits per heavy atom. The van der Waals surface area contributed by atoms with Gasteiger partial charge >= 0.3 is 0 Å². The second-order valence-corrected chi connectivity index (χ2v) is 36.6. The Kier molecular flexibility index (Phi) is 12.8. The summed E-state index contributed by atoms with van der Waals surface area (Å²) in [5.41, 5.74) is 1.90. The fourth-order valence-corrected chi connectivity index (χ4v) is 29.8. The van der Waals surface area contributed by atoms with Crippen LogP contribution in [0.1, 0.15) is 15.1 Å². The molecule has 0 spiro atoms. The molecule has 0 unspecified atom stereocenters. The highest BCUT2D eigenvalue weighted by Gasteiger charge is 2.45. The Hall–Kier alpha value is -12.4. The predicted molar refractivity (Wildman–Crippen MR) is 430 cm³/mol. The lowest BCUT2D eigenvalue weighted by Gasteiger charge is -2.35. The number of hydrogen-bond donors (Lipinski definition) is 0. The van der Waals surface area contributed by atoms with E-state index in [1.165, 1.54) is 6.07 Å². The van der Waals surface area contributed by atoms with Crippen LogP contribution in [0.3, 0.4) is 0 Å². The summed E-state index contributed by atoms with van der Waals surface area (Å²) in [6.45, 7) is 0. The van der Waals surface area contributed by atoms with Crippen LogP contribution in [0.2, 0.25) is 0 Å². The van der Waals surface area contributed by atoms with E-state index in [4.69, 9.17) is 16.3 Å². The van der Waals surface area contributed by atoms with Crippen LogP contribution in [0.25, 0.3) is 78.0 Å². The van der Waals surface area contributed by atoms with Crippen molar-refractivity contribution in [2.45, 2.75) is 0 Å². The van der Waals surface area contributed by atoms with E-state index in [1.807, 2.05) is 205 Å². The second kappa shape index (κ2) is 25.8. The van der Waals surface area contributed by atoms with Crippen LogP contribution in [-0.4, -0.2) is 48.3 Å². The summed E-state index contributed by atoms with van der Waals surface area (Å²) in [6.07, 6.45) is 0. The molecule has 18 rings (SSSR count). The monoisotopic (exact) mass is 1350 g/mol. The zero-order chi connectivity index (χ0) is 76.7. The van der Waals surface area contributed by atoms with Crippen LogP contribution in [0, 0.1) is 0 Å². The first-order valence-corrected chi connectivity index (χ1v) is 39.8. The number of fused-ring (bicyclic) bond motifs is 6. The van der Waals surface area contributed by atoms with Gasteiger partial charge in [-0.3, -0.25) is 4.57 Å². The first kappa shape index (κ1) is 50.0. The average Bonchev–Trinajstić information content (AvgIpc) is 1.15. The van der Waals surface area contributed by atoms with Crippen LogP contribution >= 0.6 is 0 Å². The number of para-hydroxylation sites is 3. The van der Waals surface area contributed by atoms with Crippen molar-refractivity contribution < 1.29 is 15.1 Å². The van der Waals surface area contributed by atoms with Crippen molar-refractivity contribution in [2.75, 3.05) is 0 Å². The van der Waals surface area contributed by atoms with E-state index in [9.17, 15) is 13.7 Å². The van der Waals surface area contributed by atoms with Gasteiger partial charge in [-0.15, -0.1) is 0 Å². The summed E-state index contributed by atoms with van der Waals surface area (Å²) in [7, 11) is -10.9. The lowest BCUT2D eigenvalue weighted by Crippen LogP contribution is -2.74. The molecule has 0 N–H and O–H groups in total. The first-order valence-electron chi connectivity index (χ1n) is 39.3. The van der Waals surface area contributed by atoms with Crippen molar-refractivity contribution in [3.63, 3.8) is 0 Å². The standard InChI is InChI=1S/C93H67N5Si3/c1-10-36-69(37-11-1)99(70-38-12-2-13-39-70,71-40-14-3-15-41-71)78-54-34-35-68(65-78)91-94-92(96-93(95-91)98-88-60-33-30-57-83(88)84-63-61-80(67-90(84)98)101(75-48-22-7-23-49-75,76-50-24-8-25-51-76)77-52-26-9-27-53-77)85-66-79(62-64-89(85)97-86-58-31-28-55-81(86)82-56-29-32-59-87(82)97)100(72-42-16-4-17-43-72,73-44-18-5-19-45-73)74-46-20-6-21-47-74/h1-67H/i28D,29D,31D,32D,34D,35D,54D,55D,56D,58D,65D. The van der Waals surface area contributed by atoms with Gasteiger partial charge in [-0.05, 0) is 98.6 Å². The summed E-state index contributed by atoms with van der Waals surface area (Å²) < 4.78 is 113. The summed E-state index contributed by atoms with van der Waals surface area (Å²) in [6, 6.07) is 110. The van der Waals surface area contributed by atoms with E-state index in [-0.39, 0.29) is 79.5 Å². The van der Waals surface area contributed by atoms with Crippen molar-refractivity contribution in [2.24, 2.45) is 0 Å². The summed E-state index contributed by atoms with van der Waals surface area (Å²) in [4.78, 5) is 17.2. The minimum atomic E-state index is -3.94. The fraction of sp³-hybridized carbons (Fsp3) is 0. The molecule has 0 aliphatic carbocycles. The summed E-state index contributed by atoms with van der Waals surface area (Å²) in [5.74, 6) is -0.153. The van der Waals surface area contributed by atoms with Gasteiger partial charge in [0.25, 0.3) is 0 Å². The normalized spacial score (nSPS) is 13.5. The summed E-state index contributed by atoms with van der Waals surface area (Å²) >= 11 is 0. The van der Waals surface area contributed by atoms with Crippen LogP contribution in [-0.2, 0) is 0 Å². The summed E-state index contributed by atoms with van der Waals surface area (Å²) in [5, 5.41) is 12.8. The number of nitrogens with zero attached hydrogens (tertiary/aromatic N) is 5. The van der Waals surface area contributed by atoms with E-state index in [2.05, 4.69) is 133 Å². The smallest absolute Gasteiger partial charge is 0.238 e. The molecule has 3 heterocycles. The number of hydrogen-bond acceptors (Lipinski definition) is 3. The molecule has 5 nitrogen and oxygen atoms in total.